The van der Waals surface area contributed by atoms with E-state index in [1.807, 2.05) is 24.3 Å². The fourth-order valence-electron chi connectivity index (χ4n) is 2.07. The number of aromatic amines is 1. The van der Waals surface area contributed by atoms with Crippen LogP contribution in [-0.4, -0.2) is 38.4 Å². The second-order valence-corrected chi connectivity index (χ2v) is 5.27. The first-order chi connectivity index (χ1) is 11.6. The van der Waals surface area contributed by atoms with Crippen molar-refractivity contribution < 1.29 is 14.9 Å². The molecule has 0 aliphatic carbocycles. The SMILES string of the molecule is COc1ccc(-c2n[nH]c(=S)n2N=Cc2ccc(O)c(O)c2)cc1. The number of phenols is 2. The Kier molecular flexibility index (Phi) is 4.30. The molecule has 3 N–H and O–H groups in total. The Morgan fingerprint density at radius 2 is 1.92 bits per heavy atom. The minimum absolute atomic E-state index is 0.189. The van der Waals surface area contributed by atoms with Crippen molar-refractivity contribution in [1.82, 2.24) is 14.9 Å². The van der Waals surface area contributed by atoms with E-state index in [0.29, 0.717) is 16.2 Å². The van der Waals surface area contributed by atoms with E-state index in [1.165, 1.54) is 23.0 Å². The molecule has 1 aromatic heterocycles. The number of hydrogen-bond donors (Lipinski definition) is 3. The number of aromatic nitrogens is 3. The summed E-state index contributed by atoms with van der Waals surface area (Å²) < 4.78 is 6.94. The molecule has 3 aromatic rings. The molecular formula is C16H14N4O3S. The topological polar surface area (TPSA) is 95.7 Å². The van der Waals surface area contributed by atoms with Crippen molar-refractivity contribution in [2.75, 3.05) is 7.11 Å². The fraction of sp³-hybridized carbons (Fsp3) is 0.0625. The average Bonchev–Trinajstić information content (AvgIpc) is 2.97. The third-order valence-corrected chi connectivity index (χ3v) is 3.58. The van der Waals surface area contributed by atoms with Crippen molar-refractivity contribution in [3.63, 3.8) is 0 Å². The van der Waals surface area contributed by atoms with Crippen LogP contribution in [0.5, 0.6) is 17.2 Å². The molecule has 0 aliphatic rings. The highest BCUT2D eigenvalue weighted by atomic mass is 32.1. The summed E-state index contributed by atoms with van der Waals surface area (Å²) in [5.41, 5.74) is 1.42. The minimum atomic E-state index is -0.217. The first kappa shape index (κ1) is 15.8. The van der Waals surface area contributed by atoms with Crippen LogP contribution in [0.25, 0.3) is 11.4 Å². The lowest BCUT2D eigenvalue weighted by Gasteiger charge is -2.03. The second-order valence-electron chi connectivity index (χ2n) is 4.89. The molecule has 3 rings (SSSR count). The van der Waals surface area contributed by atoms with Crippen LogP contribution in [0, 0.1) is 4.77 Å². The monoisotopic (exact) mass is 342 g/mol. The van der Waals surface area contributed by atoms with E-state index >= 15 is 0 Å². The standard InChI is InChI=1S/C16H14N4O3S/c1-23-12-5-3-11(4-6-12)15-18-19-16(24)20(15)17-9-10-2-7-13(21)14(22)8-10/h2-9,21-22H,1H3,(H,19,24). The van der Waals surface area contributed by atoms with Gasteiger partial charge in [-0.25, -0.2) is 5.10 Å². The number of aromatic hydroxyl groups is 2. The van der Waals surface area contributed by atoms with Gasteiger partial charge in [0.05, 0.1) is 13.3 Å². The molecule has 0 saturated carbocycles. The van der Waals surface area contributed by atoms with Gasteiger partial charge >= 0.3 is 0 Å². The Labute approximate surface area is 142 Å². The number of ether oxygens (including phenoxy) is 1. The number of benzene rings is 2. The first-order valence-electron chi connectivity index (χ1n) is 6.96. The maximum atomic E-state index is 9.52. The smallest absolute Gasteiger partial charge is 0.216 e. The highest BCUT2D eigenvalue weighted by Gasteiger charge is 2.08. The van der Waals surface area contributed by atoms with E-state index in [0.717, 1.165) is 11.3 Å². The van der Waals surface area contributed by atoms with Gasteiger partial charge in [0.25, 0.3) is 0 Å². The Bertz CT molecular complexity index is 945. The fourth-order valence-corrected chi connectivity index (χ4v) is 2.25. The van der Waals surface area contributed by atoms with Gasteiger partial charge in [-0.3, -0.25) is 0 Å². The molecule has 0 amide bonds. The van der Waals surface area contributed by atoms with Gasteiger partial charge in [-0.15, -0.1) is 0 Å². The summed E-state index contributed by atoms with van der Waals surface area (Å²) in [4.78, 5) is 0. The van der Waals surface area contributed by atoms with Crippen molar-refractivity contribution >= 4 is 18.4 Å². The Morgan fingerprint density at radius 1 is 1.17 bits per heavy atom. The van der Waals surface area contributed by atoms with E-state index in [1.54, 1.807) is 13.2 Å². The summed E-state index contributed by atoms with van der Waals surface area (Å²) in [5.74, 6) is 0.875. The van der Waals surface area contributed by atoms with Crippen molar-refractivity contribution in [2.45, 2.75) is 0 Å². The van der Waals surface area contributed by atoms with Crippen molar-refractivity contribution in [3.8, 4) is 28.6 Å². The predicted molar refractivity (Wildman–Crippen MR) is 92.2 cm³/mol. The van der Waals surface area contributed by atoms with Crippen LogP contribution in [0.1, 0.15) is 5.56 Å². The highest BCUT2D eigenvalue weighted by Crippen LogP contribution is 2.24. The lowest BCUT2D eigenvalue weighted by molar-refractivity contribution is 0.403. The van der Waals surface area contributed by atoms with Gasteiger partial charge in [0.2, 0.25) is 4.77 Å². The molecule has 7 nitrogen and oxygen atoms in total. The van der Waals surface area contributed by atoms with E-state index in [-0.39, 0.29) is 11.5 Å². The van der Waals surface area contributed by atoms with Gasteiger partial charge in [-0.05, 0) is 60.2 Å². The Morgan fingerprint density at radius 3 is 2.58 bits per heavy atom. The minimum Gasteiger partial charge on any atom is -0.504 e. The van der Waals surface area contributed by atoms with Gasteiger partial charge in [-0.2, -0.15) is 14.9 Å². The van der Waals surface area contributed by atoms with E-state index in [4.69, 9.17) is 17.0 Å². The van der Waals surface area contributed by atoms with E-state index < -0.39 is 0 Å². The Hall–Kier alpha value is -3.13. The zero-order valence-corrected chi connectivity index (χ0v) is 13.5. The van der Waals surface area contributed by atoms with Crippen LogP contribution in [-0.2, 0) is 0 Å². The number of nitrogens with zero attached hydrogens (tertiary/aromatic N) is 3. The summed E-state index contributed by atoms with van der Waals surface area (Å²) in [7, 11) is 1.60. The van der Waals surface area contributed by atoms with Gasteiger partial charge in [0.1, 0.15) is 5.75 Å². The second kappa shape index (κ2) is 6.55. The predicted octanol–water partition coefficient (Wildman–Crippen LogP) is 2.91. The third-order valence-electron chi connectivity index (χ3n) is 3.32. The maximum absolute atomic E-state index is 9.52. The van der Waals surface area contributed by atoms with Crippen LogP contribution in [0.2, 0.25) is 0 Å². The van der Waals surface area contributed by atoms with Crippen LogP contribution in [0.4, 0.5) is 0 Å². The van der Waals surface area contributed by atoms with Crippen molar-refractivity contribution in [2.24, 2.45) is 5.10 Å². The zero-order chi connectivity index (χ0) is 17.1. The number of phenolic OH excluding ortho intramolecular Hbond substituents is 2. The average molecular weight is 342 g/mol. The van der Waals surface area contributed by atoms with Crippen LogP contribution >= 0.6 is 12.2 Å². The molecule has 0 aliphatic heterocycles. The van der Waals surface area contributed by atoms with Gasteiger partial charge in [0.15, 0.2) is 17.3 Å². The molecule has 0 unspecified atom stereocenters. The van der Waals surface area contributed by atoms with Crippen LogP contribution in [0.3, 0.4) is 0 Å². The molecule has 0 radical (unpaired) electrons. The van der Waals surface area contributed by atoms with Crippen LogP contribution < -0.4 is 4.74 Å². The zero-order valence-electron chi connectivity index (χ0n) is 12.7. The van der Waals surface area contributed by atoms with Gasteiger partial charge < -0.3 is 14.9 Å². The molecule has 24 heavy (non-hydrogen) atoms. The largest absolute Gasteiger partial charge is 0.504 e. The molecule has 0 fully saturated rings. The van der Waals surface area contributed by atoms with Gasteiger partial charge in [0, 0.05) is 5.56 Å². The Balaban J connectivity index is 1.96. The lowest BCUT2D eigenvalue weighted by atomic mass is 10.2. The number of rotatable bonds is 4. The summed E-state index contributed by atoms with van der Waals surface area (Å²) in [6, 6.07) is 11.7. The van der Waals surface area contributed by atoms with Crippen molar-refractivity contribution in [3.05, 3.63) is 52.8 Å². The molecule has 8 heteroatoms. The maximum Gasteiger partial charge on any atom is 0.216 e. The molecule has 122 valence electrons. The number of hydrogen-bond acceptors (Lipinski definition) is 6. The molecular weight excluding hydrogens is 328 g/mol. The molecule has 0 atom stereocenters. The molecule has 0 bridgehead atoms. The lowest BCUT2D eigenvalue weighted by Crippen LogP contribution is -1.95. The van der Waals surface area contributed by atoms with E-state index in [2.05, 4.69) is 15.3 Å². The normalized spacial score (nSPS) is 11.0. The number of nitrogens with one attached hydrogen (secondary N) is 1. The summed E-state index contributed by atoms with van der Waals surface area (Å²) in [6.45, 7) is 0. The van der Waals surface area contributed by atoms with Crippen LogP contribution in [0.15, 0.2) is 47.6 Å². The third kappa shape index (κ3) is 3.13. The number of methoxy groups -OCH3 is 1. The summed E-state index contributed by atoms with van der Waals surface area (Å²) in [6.07, 6.45) is 1.51. The van der Waals surface area contributed by atoms with Gasteiger partial charge in [-0.1, -0.05) is 0 Å². The first-order valence-corrected chi connectivity index (χ1v) is 7.37. The summed E-state index contributed by atoms with van der Waals surface area (Å²) in [5, 5.41) is 30.0. The van der Waals surface area contributed by atoms with E-state index in [9.17, 15) is 10.2 Å². The molecule has 2 aromatic carbocycles. The molecule has 1 heterocycles. The quantitative estimate of drug-likeness (QED) is 0.385. The number of H-pyrrole nitrogens is 1. The van der Waals surface area contributed by atoms with Crippen molar-refractivity contribution in [1.29, 1.82) is 0 Å². The summed E-state index contributed by atoms with van der Waals surface area (Å²) >= 11 is 5.20. The molecule has 0 spiro atoms. The highest BCUT2D eigenvalue weighted by molar-refractivity contribution is 7.71. The molecule has 0 saturated heterocycles.